The normalized spacial score (nSPS) is 15.1. The van der Waals surface area contributed by atoms with Crippen LogP contribution >= 0.6 is 12.6 Å². The van der Waals surface area contributed by atoms with Crippen LogP contribution in [0.4, 0.5) is 0 Å². The summed E-state index contributed by atoms with van der Waals surface area (Å²) in [6, 6.07) is 0. The van der Waals surface area contributed by atoms with Crippen molar-refractivity contribution >= 4 is 18.6 Å². The van der Waals surface area contributed by atoms with Gasteiger partial charge in [0, 0.05) is 17.7 Å². The lowest BCUT2D eigenvalue weighted by atomic mass is 9.96. The molecule has 0 bridgehead atoms. The van der Waals surface area contributed by atoms with E-state index in [9.17, 15) is 4.79 Å². The molecule has 5 heteroatoms. The van der Waals surface area contributed by atoms with Crippen molar-refractivity contribution in [3.63, 3.8) is 0 Å². The molecule has 0 aromatic rings. The van der Waals surface area contributed by atoms with Crippen LogP contribution in [0, 0.1) is 0 Å². The molecule has 0 aromatic carbocycles. The molecule has 0 saturated carbocycles. The van der Waals surface area contributed by atoms with E-state index in [0.29, 0.717) is 6.61 Å². The molecular formula is C15H31NO3S. The first kappa shape index (κ1) is 19.7. The molecule has 0 saturated heterocycles. The molecule has 0 fully saturated rings. The van der Waals surface area contributed by atoms with Gasteiger partial charge in [-0.15, -0.1) is 12.6 Å². The number of nitrogens with one attached hydrogen (secondary N) is 1. The fourth-order valence-corrected chi connectivity index (χ4v) is 2.09. The maximum Gasteiger partial charge on any atom is 0.338 e. The summed E-state index contributed by atoms with van der Waals surface area (Å²) in [6.07, 6.45) is 0.803. The molecule has 0 heterocycles. The smallest absolute Gasteiger partial charge is 0.338 e. The highest BCUT2D eigenvalue weighted by Gasteiger charge is 2.32. The second-order valence-electron chi connectivity index (χ2n) is 7.37. The molecule has 20 heavy (non-hydrogen) atoms. The molecule has 0 radical (unpaired) electrons. The highest BCUT2D eigenvalue weighted by molar-refractivity contribution is 7.80. The zero-order valence-electron chi connectivity index (χ0n) is 14.2. The van der Waals surface area contributed by atoms with E-state index in [1.165, 1.54) is 0 Å². The van der Waals surface area contributed by atoms with Gasteiger partial charge in [0.1, 0.15) is 5.44 Å². The molecule has 120 valence electrons. The van der Waals surface area contributed by atoms with Crippen molar-refractivity contribution in [2.24, 2.45) is 0 Å². The first-order valence-corrected chi connectivity index (χ1v) is 7.59. The Morgan fingerprint density at radius 3 is 2.05 bits per heavy atom. The van der Waals surface area contributed by atoms with Crippen LogP contribution in [-0.2, 0) is 14.3 Å². The molecule has 0 aliphatic heterocycles. The number of ether oxygens (including phenoxy) is 2. The molecule has 1 N–H and O–H groups in total. The van der Waals surface area contributed by atoms with Gasteiger partial charge in [-0.2, -0.15) is 0 Å². The number of rotatable bonds is 7. The average Bonchev–Trinajstić information content (AvgIpc) is 2.10. The van der Waals surface area contributed by atoms with Gasteiger partial charge in [0.2, 0.25) is 0 Å². The van der Waals surface area contributed by atoms with Gasteiger partial charge in [0.05, 0.1) is 0 Å². The fourth-order valence-electron chi connectivity index (χ4n) is 1.99. The highest BCUT2D eigenvalue weighted by atomic mass is 32.1. The molecule has 4 nitrogen and oxygen atoms in total. The molecule has 0 rings (SSSR count). The van der Waals surface area contributed by atoms with E-state index in [0.717, 1.165) is 6.42 Å². The molecule has 0 amide bonds. The standard InChI is InChI=1S/C15H31NO3S/c1-11(20)19-12(17)15(7,8)18-10-9-14(5,6)16-13(2,3)4/h11,16,20H,9-10H2,1-8H3. The molecule has 1 atom stereocenters. The molecule has 0 spiro atoms. The van der Waals surface area contributed by atoms with Gasteiger partial charge >= 0.3 is 5.97 Å². The third kappa shape index (κ3) is 8.82. The van der Waals surface area contributed by atoms with E-state index in [2.05, 4.69) is 52.6 Å². The predicted molar refractivity (Wildman–Crippen MR) is 86.2 cm³/mol. The number of carbonyl (C=O) groups is 1. The topological polar surface area (TPSA) is 47.6 Å². The first-order valence-electron chi connectivity index (χ1n) is 7.08. The summed E-state index contributed by atoms with van der Waals surface area (Å²) in [4.78, 5) is 11.8. The van der Waals surface area contributed by atoms with E-state index in [4.69, 9.17) is 9.47 Å². The van der Waals surface area contributed by atoms with Crippen molar-refractivity contribution in [1.29, 1.82) is 0 Å². The maximum absolute atomic E-state index is 11.8. The van der Waals surface area contributed by atoms with Gasteiger partial charge in [-0.3, -0.25) is 0 Å². The quantitative estimate of drug-likeness (QED) is 0.431. The van der Waals surface area contributed by atoms with Crippen molar-refractivity contribution in [2.75, 3.05) is 6.61 Å². The lowest BCUT2D eigenvalue weighted by Gasteiger charge is -2.35. The van der Waals surface area contributed by atoms with Gasteiger partial charge in [-0.25, -0.2) is 4.79 Å². The number of hydrogen-bond donors (Lipinski definition) is 2. The Bertz CT molecular complexity index is 320. The third-order valence-corrected chi connectivity index (χ3v) is 2.78. The summed E-state index contributed by atoms with van der Waals surface area (Å²) in [6.45, 7) is 16.3. The second-order valence-corrected chi connectivity index (χ2v) is 8.10. The molecule has 0 aliphatic rings. The summed E-state index contributed by atoms with van der Waals surface area (Å²) in [7, 11) is 0. The first-order chi connectivity index (χ1) is 8.75. The zero-order valence-corrected chi connectivity index (χ0v) is 15.1. The van der Waals surface area contributed by atoms with Crippen LogP contribution in [0.15, 0.2) is 0 Å². The van der Waals surface area contributed by atoms with Crippen molar-refractivity contribution in [3.05, 3.63) is 0 Å². The Morgan fingerprint density at radius 1 is 1.15 bits per heavy atom. The maximum atomic E-state index is 11.8. The zero-order chi connectivity index (χ0) is 16.2. The van der Waals surface area contributed by atoms with E-state index in [1.54, 1.807) is 20.8 Å². The summed E-state index contributed by atoms with van der Waals surface area (Å²) in [5.41, 5.74) is -1.40. The molecule has 0 aromatic heterocycles. The molecule has 0 aliphatic carbocycles. The van der Waals surface area contributed by atoms with E-state index in [1.807, 2.05) is 0 Å². The van der Waals surface area contributed by atoms with Crippen LogP contribution < -0.4 is 5.32 Å². The molecular weight excluding hydrogens is 274 g/mol. The van der Waals surface area contributed by atoms with Crippen LogP contribution in [0.25, 0.3) is 0 Å². The van der Waals surface area contributed by atoms with Gasteiger partial charge in [0.25, 0.3) is 0 Å². The second kappa shape index (κ2) is 7.14. The van der Waals surface area contributed by atoms with Gasteiger partial charge in [-0.05, 0) is 61.8 Å². The van der Waals surface area contributed by atoms with E-state index >= 15 is 0 Å². The van der Waals surface area contributed by atoms with Crippen molar-refractivity contribution in [1.82, 2.24) is 5.32 Å². The van der Waals surface area contributed by atoms with Gasteiger partial charge in [0.15, 0.2) is 5.60 Å². The Labute approximate surface area is 129 Å². The summed E-state index contributed by atoms with van der Waals surface area (Å²) >= 11 is 4.04. The Hall–Kier alpha value is -0.260. The van der Waals surface area contributed by atoms with Crippen LogP contribution in [-0.4, -0.2) is 34.7 Å². The van der Waals surface area contributed by atoms with Crippen LogP contribution in [0.3, 0.4) is 0 Å². The van der Waals surface area contributed by atoms with Crippen LogP contribution in [0.2, 0.25) is 0 Å². The van der Waals surface area contributed by atoms with Crippen LogP contribution in [0.5, 0.6) is 0 Å². The lowest BCUT2D eigenvalue weighted by Crippen LogP contribution is -2.51. The minimum absolute atomic E-state index is 0.0411. The van der Waals surface area contributed by atoms with Crippen molar-refractivity contribution in [3.8, 4) is 0 Å². The number of esters is 1. The SMILES string of the molecule is CC(S)OC(=O)C(C)(C)OCCC(C)(C)NC(C)(C)C. The Morgan fingerprint density at radius 2 is 1.65 bits per heavy atom. The van der Waals surface area contributed by atoms with Crippen molar-refractivity contribution in [2.45, 2.75) is 83.9 Å². The highest BCUT2D eigenvalue weighted by Crippen LogP contribution is 2.18. The lowest BCUT2D eigenvalue weighted by molar-refractivity contribution is -0.169. The average molecular weight is 305 g/mol. The van der Waals surface area contributed by atoms with Gasteiger partial charge in [-0.1, -0.05) is 0 Å². The van der Waals surface area contributed by atoms with Crippen LogP contribution in [0.1, 0.15) is 61.8 Å². The van der Waals surface area contributed by atoms with Crippen molar-refractivity contribution < 1.29 is 14.3 Å². The predicted octanol–water partition coefficient (Wildman–Crippen LogP) is 3.16. The largest absolute Gasteiger partial charge is 0.450 e. The number of thiol groups is 1. The summed E-state index contributed by atoms with van der Waals surface area (Å²) in [5, 5.41) is 3.53. The Balaban J connectivity index is 4.31. The number of carbonyl (C=O) groups excluding carboxylic acids is 1. The fraction of sp³-hybridized carbons (Fsp3) is 0.933. The van der Waals surface area contributed by atoms with E-state index in [-0.39, 0.29) is 17.0 Å². The van der Waals surface area contributed by atoms with E-state index < -0.39 is 11.0 Å². The number of hydrogen-bond acceptors (Lipinski definition) is 5. The minimum atomic E-state index is -0.950. The third-order valence-electron chi connectivity index (χ3n) is 2.67. The Kier molecular flexibility index (Phi) is 7.05. The van der Waals surface area contributed by atoms with Gasteiger partial charge < -0.3 is 14.8 Å². The molecule has 1 unspecified atom stereocenters. The summed E-state index contributed by atoms with van der Waals surface area (Å²) < 4.78 is 10.8. The monoisotopic (exact) mass is 305 g/mol. The minimum Gasteiger partial charge on any atom is -0.450 e. The summed E-state index contributed by atoms with van der Waals surface area (Å²) in [5.74, 6) is -0.387.